The summed E-state index contributed by atoms with van der Waals surface area (Å²) in [5.41, 5.74) is 2.03. The summed E-state index contributed by atoms with van der Waals surface area (Å²) < 4.78 is 29.9. The summed E-state index contributed by atoms with van der Waals surface area (Å²) >= 11 is 0. The first-order chi connectivity index (χ1) is 14.0. The highest BCUT2D eigenvalue weighted by atomic mass is 19.1. The SMILES string of the molecule is COc1ccc(OC)c(-c2cc(C(=O)N3CCN(C)c4ccc(F)cc43)no2)c1. The van der Waals surface area contributed by atoms with E-state index in [1.165, 1.54) is 17.0 Å². The van der Waals surface area contributed by atoms with Crippen LogP contribution in [0.4, 0.5) is 15.8 Å². The Morgan fingerprint density at radius 1 is 1.07 bits per heavy atom. The third kappa shape index (κ3) is 3.37. The van der Waals surface area contributed by atoms with E-state index in [9.17, 15) is 9.18 Å². The highest BCUT2D eigenvalue weighted by Crippen LogP contribution is 2.36. The maximum atomic E-state index is 13.8. The minimum Gasteiger partial charge on any atom is -0.497 e. The van der Waals surface area contributed by atoms with E-state index >= 15 is 0 Å². The number of rotatable bonds is 4. The minimum absolute atomic E-state index is 0.129. The van der Waals surface area contributed by atoms with Crippen LogP contribution in [0.25, 0.3) is 11.3 Å². The fourth-order valence-corrected chi connectivity index (χ4v) is 3.39. The van der Waals surface area contributed by atoms with E-state index in [1.807, 2.05) is 11.9 Å². The van der Waals surface area contributed by atoms with Gasteiger partial charge in [-0.1, -0.05) is 5.16 Å². The highest BCUT2D eigenvalue weighted by Gasteiger charge is 2.29. The molecule has 0 aliphatic carbocycles. The predicted molar refractivity (Wildman–Crippen MR) is 106 cm³/mol. The van der Waals surface area contributed by atoms with Gasteiger partial charge in [0.25, 0.3) is 5.91 Å². The summed E-state index contributed by atoms with van der Waals surface area (Å²) in [6.07, 6.45) is 0. The Morgan fingerprint density at radius 2 is 1.90 bits per heavy atom. The van der Waals surface area contributed by atoms with Crippen molar-refractivity contribution in [2.45, 2.75) is 0 Å². The highest BCUT2D eigenvalue weighted by molar-refractivity contribution is 6.07. The number of benzene rings is 2. The molecule has 2 aromatic carbocycles. The van der Waals surface area contributed by atoms with Crippen LogP contribution in [-0.2, 0) is 0 Å². The van der Waals surface area contributed by atoms with Gasteiger partial charge in [-0.2, -0.15) is 0 Å². The first kappa shape index (κ1) is 18.8. The Kier molecular flexibility index (Phi) is 4.84. The third-order valence-corrected chi connectivity index (χ3v) is 4.95. The second-order valence-corrected chi connectivity index (χ2v) is 6.65. The van der Waals surface area contributed by atoms with Crippen molar-refractivity contribution in [3.05, 3.63) is 54.0 Å². The number of fused-ring (bicyclic) bond motifs is 1. The maximum absolute atomic E-state index is 13.8. The van der Waals surface area contributed by atoms with Gasteiger partial charge in [-0.25, -0.2) is 4.39 Å². The van der Waals surface area contributed by atoms with Crippen LogP contribution in [0, 0.1) is 5.82 Å². The van der Waals surface area contributed by atoms with Gasteiger partial charge in [-0.05, 0) is 36.4 Å². The molecule has 0 atom stereocenters. The van der Waals surface area contributed by atoms with Crippen LogP contribution in [0.2, 0.25) is 0 Å². The van der Waals surface area contributed by atoms with E-state index in [2.05, 4.69) is 5.16 Å². The van der Waals surface area contributed by atoms with Gasteiger partial charge in [0.2, 0.25) is 0 Å². The van der Waals surface area contributed by atoms with Gasteiger partial charge in [-0.3, -0.25) is 4.79 Å². The van der Waals surface area contributed by atoms with Crippen LogP contribution in [0.1, 0.15) is 10.5 Å². The summed E-state index contributed by atoms with van der Waals surface area (Å²) in [6.45, 7) is 1.04. The van der Waals surface area contributed by atoms with Crippen molar-refractivity contribution in [3.8, 4) is 22.8 Å². The Labute approximate surface area is 167 Å². The van der Waals surface area contributed by atoms with Crippen molar-refractivity contribution < 1.29 is 23.2 Å². The van der Waals surface area contributed by atoms with E-state index in [-0.39, 0.29) is 11.6 Å². The number of hydrogen-bond acceptors (Lipinski definition) is 6. The molecule has 0 saturated heterocycles. The van der Waals surface area contributed by atoms with Gasteiger partial charge >= 0.3 is 0 Å². The fourth-order valence-electron chi connectivity index (χ4n) is 3.39. The van der Waals surface area contributed by atoms with E-state index in [1.54, 1.807) is 44.6 Å². The maximum Gasteiger partial charge on any atom is 0.280 e. The predicted octanol–water partition coefficient (Wildman–Crippen LogP) is 3.59. The van der Waals surface area contributed by atoms with Crippen LogP contribution in [0.3, 0.4) is 0 Å². The zero-order chi connectivity index (χ0) is 20.5. The number of likely N-dealkylation sites (N-methyl/N-ethyl adjacent to an activating group) is 1. The van der Waals surface area contributed by atoms with Gasteiger partial charge in [0.05, 0.1) is 31.2 Å². The molecule has 1 aliphatic heterocycles. The van der Waals surface area contributed by atoms with E-state index in [0.29, 0.717) is 41.6 Å². The number of nitrogens with zero attached hydrogens (tertiary/aromatic N) is 3. The minimum atomic E-state index is -0.404. The number of methoxy groups -OCH3 is 2. The lowest BCUT2D eigenvalue weighted by Crippen LogP contribution is -2.42. The molecule has 29 heavy (non-hydrogen) atoms. The van der Waals surface area contributed by atoms with Crippen molar-refractivity contribution in [2.75, 3.05) is 44.2 Å². The Bertz CT molecular complexity index is 1070. The molecule has 0 N–H and O–H groups in total. The number of hydrogen-bond donors (Lipinski definition) is 0. The van der Waals surface area contributed by atoms with Gasteiger partial charge in [0, 0.05) is 26.2 Å². The molecule has 0 bridgehead atoms. The molecule has 0 saturated carbocycles. The zero-order valence-corrected chi connectivity index (χ0v) is 16.3. The number of amides is 1. The lowest BCUT2D eigenvalue weighted by Gasteiger charge is -2.35. The lowest BCUT2D eigenvalue weighted by molar-refractivity contribution is 0.0978. The van der Waals surface area contributed by atoms with Crippen molar-refractivity contribution in [1.82, 2.24) is 5.16 Å². The van der Waals surface area contributed by atoms with Crippen LogP contribution in [0.5, 0.6) is 11.5 Å². The summed E-state index contributed by atoms with van der Waals surface area (Å²) in [5.74, 6) is 0.792. The lowest BCUT2D eigenvalue weighted by atomic mass is 10.1. The molecule has 1 amide bonds. The molecular formula is C21H20FN3O4. The normalized spacial score (nSPS) is 13.2. The molecule has 1 aliphatic rings. The van der Waals surface area contributed by atoms with E-state index in [4.69, 9.17) is 14.0 Å². The fraction of sp³-hybridized carbons (Fsp3) is 0.238. The van der Waals surface area contributed by atoms with Crippen LogP contribution in [0.15, 0.2) is 47.0 Å². The molecule has 0 radical (unpaired) electrons. The first-order valence-corrected chi connectivity index (χ1v) is 9.03. The molecule has 0 unspecified atom stereocenters. The van der Waals surface area contributed by atoms with Crippen molar-refractivity contribution in [2.24, 2.45) is 0 Å². The van der Waals surface area contributed by atoms with Gasteiger partial charge in [-0.15, -0.1) is 0 Å². The monoisotopic (exact) mass is 397 g/mol. The van der Waals surface area contributed by atoms with E-state index < -0.39 is 5.82 Å². The van der Waals surface area contributed by atoms with Crippen LogP contribution < -0.4 is 19.3 Å². The molecule has 7 nitrogen and oxygen atoms in total. The summed E-state index contributed by atoms with van der Waals surface area (Å²) in [5, 5.41) is 3.94. The standard InChI is InChI=1S/C21H20FN3O4/c1-24-8-9-25(18-10-13(22)4-6-17(18)24)21(26)16-12-20(29-23-16)15-11-14(27-2)5-7-19(15)28-3/h4-7,10-12H,8-9H2,1-3H3. The van der Waals surface area contributed by atoms with Crippen LogP contribution in [-0.4, -0.2) is 45.4 Å². The quantitative estimate of drug-likeness (QED) is 0.670. The number of aromatic nitrogens is 1. The summed E-state index contributed by atoms with van der Waals surface area (Å²) in [7, 11) is 5.01. The molecule has 4 rings (SSSR count). The van der Waals surface area contributed by atoms with E-state index in [0.717, 1.165) is 5.69 Å². The molecule has 150 valence electrons. The molecule has 1 aromatic heterocycles. The summed E-state index contributed by atoms with van der Waals surface area (Å²) in [6, 6.07) is 11.2. The molecule has 3 aromatic rings. The number of anilines is 2. The Balaban J connectivity index is 1.69. The van der Waals surface area contributed by atoms with Crippen molar-refractivity contribution in [3.63, 3.8) is 0 Å². The van der Waals surface area contributed by atoms with Gasteiger partial charge in [0.15, 0.2) is 11.5 Å². The second kappa shape index (κ2) is 7.46. The van der Waals surface area contributed by atoms with Gasteiger partial charge in [0.1, 0.15) is 17.3 Å². The summed E-state index contributed by atoms with van der Waals surface area (Å²) in [4.78, 5) is 16.6. The largest absolute Gasteiger partial charge is 0.497 e. The number of halogens is 1. The number of ether oxygens (including phenoxy) is 2. The smallest absolute Gasteiger partial charge is 0.280 e. The topological polar surface area (TPSA) is 68.0 Å². The zero-order valence-electron chi connectivity index (χ0n) is 16.3. The third-order valence-electron chi connectivity index (χ3n) is 4.95. The molecule has 8 heteroatoms. The van der Waals surface area contributed by atoms with Crippen LogP contribution >= 0.6 is 0 Å². The second-order valence-electron chi connectivity index (χ2n) is 6.65. The average Bonchev–Trinajstić information content (AvgIpc) is 3.23. The molecule has 2 heterocycles. The van der Waals surface area contributed by atoms with Crippen molar-refractivity contribution in [1.29, 1.82) is 0 Å². The Hall–Kier alpha value is -3.55. The van der Waals surface area contributed by atoms with Gasteiger partial charge < -0.3 is 23.8 Å². The number of carbonyl (C=O) groups is 1. The number of carbonyl (C=O) groups excluding carboxylic acids is 1. The Morgan fingerprint density at radius 3 is 2.66 bits per heavy atom. The van der Waals surface area contributed by atoms with Crippen molar-refractivity contribution >= 4 is 17.3 Å². The first-order valence-electron chi connectivity index (χ1n) is 9.03. The molecule has 0 spiro atoms. The molecule has 0 fully saturated rings. The molecular weight excluding hydrogens is 377 g/mol. The average molecular weight is 397 g/mol.